The van der Waals surface area contributed by atoms with E-state index in [1.54, 1.807) is 42.5 Å². The molecule has 4 aromatic rings. The molecular weight excluding hydrogens is 374 g/mol. The number of carbonyl (C=O) groups excluding carboxylic acids is 1. The summed E-state index contributed by atoms with van der Waals surface area (Å²) in [6.45, 7) is 1.96. The van der Waals surface area contributed by atoms with Gasteiger partial charge in [-0.15, -0.1) is 0 Å². The van der Waals surface area contributed by atoms with Gasteiger partial charge in [0, 0.05) is 16.1 Å². The van der Waals surface area contributed by atoms with Gasteiger partial charge in [0.2, 0.25) is 0 Å². The van der Waals surface area contributed by atoms with Crippen LogP contribution < -0.4 is 11.0 Å². The highest BCUT2D eigenvalue weighted by molar-refractivity contribution is 6.31. The highest BCUT2D eigenvalue weighted by Crippen LogP contribution is 2.20. The molecule has 0 spiro atoms. The maximum atomic E-state index is 13.1. The van der Waals surface area contributed by atoms with Gasteiger partial charge in [0.25, 0.3) is 11.5 Å². The molecule has 1 N–H and O–H groups in total. The number of hydrogen-bond acceptors (Lipinski definition) is 3. The molecule has 0 saturated carbocycles. The van der Waals surface area contributed by atoms with Crippen LogP contribution >= 0.6 is 11.6 Å². The van der Waals surface area contributed by atoms with Crippen molar-refractivity contribution in [1.82, 2.24) is 9.66 Å². The molecule has 0 radical (unpaired) electrons. The maximum Gasteiger partial charge on any atom is 0.280 e. The van der Waals surface area contributed by atoms with E-state index in [-0.39, 0.29) is 5.56 Å². The minimum atomic E-state index is -0.449. The fourth-order valence-corrected chi connectivity index (χ4v) is 3.20. The maximum absolute atomic E-state index is 13.1. The lowest BCUT2D eigenvalue weighted by atomic mass is 10.1. The molecule has 0 fully saturated rings. The minimum Gasteiger partial charge on any atom is -0.267 e. The van der Waals surface area contributed by atoms with Crippen LogP contribution in [0.5, 0.6) is 0 Å². The third kappa shape index (κ3) is 3.40. The number of halogens is 1. The van der Waals surface area contributed by atoms with Gasteiger partial charge in [-0.2, -0.15) is 4.68 Å². The summed E-state index contributed by atoms with van der Waals surface area (Å²) < 4.78 is 1.19. The first-order chi connectivity index (χ1) is 13.5. The average Bonchev–Trinajstić information content (AvgIpc) is 2.70. The Morgan fingerprint density at radius 1 is 1.00 bits per heavy atom. The van der Waals surface area contributed by atoms with Gasteiger partial charge in [0.05, 0.1) is 10.9 Å². The Morgan fingerprint density at radius 2 is 1.79 bits per heavy atom. The van der Waals surface area contributed by atoms with Gasteiger partial charge in [0.1, 0.15) is 0 Å². The van der Waals surface area contributed by atoms with E-state index >= 15 is 0 Å². The van der Waals surface area contributed by atoms with Crippen molar-refractivity contribution < 1.29 is 4.79 Å². The Bertz CT molecular complexity index is 1260. The molecule has 0 aliphatic rings. The number of hydrogen-bond donors (Lipinski definition) is 1. The first-order valence-electron chi connectivity index (χ1n) is 8.69. The molecule has 1 amide bonds. The zero-order valence-corrected chi connectivity index (χ0v) is 15.8. The molecule has 0 aliphatic carbocycles. The van der Waals surface area contributed by atoms with E-state index in [1.807, 2.05) is 37.3 Å². The van der Waals surface area contributed by atoms with Crippen molar-refractivity contribution in [2.45, 2.75) is 6.92 Å². The van der Waals surface area contributed by atoms with Crippen LogP contribution in [0.25, 0.3) is 22.3 Å². The molecule has 0 unspecified atom stereocenters. The molecule has 1 aromatic heterocycles. The van der Waals surface area contributed by atoms with Crippen LogP contribution in [-0.4, -0.2) is 15.6 Å². The third-order valence-corrected chi connectivity index (χ3v) is 4.59. The van der Waals surface area contributed by atoms with Gasteiger partial charge < -0.3 is 0 Å². The summed E-state index contributed by atoms with van der Waals surface area (Å²) in [5.74, 6) is -0.0848. The fourth-order valence-electron chi connectivity index (χ4n) is 3.01. The van der Waals surface area contributed by atoms with Crippen LogP contribution in [-0.2, 0) is 0 Å². The largest absolute Gasteiger partial charge is 0.280 e. The Hall–Kier alpha value is -3.44. The van der Waals surface area contributed by atoms with Crippen molar-refractivity contribution in [2.75, 3.05) is 5.43 Å². The lowest BCUT2D eigenvalue weighted by Crippen LogP contribution is -2.35. The lowest BCUT2D eigenvalue weighted by Gasteiger charge is -2.15. The second kappa shape index (κ2) is 7.29. The second-order valence-corrected chi connectivity index (χ2v) is 6.85. The number of carbonyl (C=O) groups is 1. The van der Waals surface area contributed by atoms with Gasteiger partial charge in [-0.1, -0.05) is 53.6 Å². The first-order valence-corrected chi connectivity index (χ1v) is 9.06. The second-order valence-electron chi connectivity index (χ2n) is 6.41. The van der Waals surface area contributed by atoms with Crippen LogP contribution in [0.3, 0.4) is 0 Å². The minimum absolute atomic E-state index is 0.350. The Kier molecular flexibility index (Phi) is 4.67. The topological polar surface area (TPSA) is 64.0 Å². The molecule has 3 aromatic carbocycles. The summed E-state index contributed by atoms with van der Waals surface area (Å²) in [6.07, 6.45) is 0. The normalized spacial score (nSPS) is 10.8. The van der Waals surface area contributed by atoms with Crippen molar-refractivity contribution in [3.8, 4) is 11.4 Å². The molecule has 138 valence electrons. The molecular formula is C22H16ClN3O2. The van der Waals surface area contributed by atoms with Gasteiger partial charge in [0.15, 0.2) is 5.82 Å². The van der Waals surface area contributed by atoms with Crippen LogP contribution in [0, 0.1) is 6.92 Å². The number of para-hydroxylation sites is 1. The number of benzene rings is 3. The predicted molar refractivity (Wildman–Crippen MR) is 111 cm³/mol. The molecule has 0 atom stereocenters. The Morgan fingerprint density at radius 3 is 2.57 bits per heavy atom. The molecule has 6 heteroatoms. The SMILES string of the molecule is Cc1cccc(-c2nc3ccccc3c(=O)n2NC(=O)c2cccc(Cl)c2)c1. The van der Waals surface area contributed by atoms with Crippen molar-refractivity contribution in [2.24, 2.45) is 0 Å². The van der Waals surface area contributed by atoms with Crippen LogP contribution in [0.2, 0.25) is 5.02 Å². The van der Waals surface area contributed by atoms with Crippen molar-refractivity contribution >= 4 is 28.4 Å². The summed E-state index contributed by atoms with van der Waals surface area (Å²) in [6, 6.07) is 21.2. The zero-order chi connectivity index (χ0) is 19.7. The van der Waals surface area contributed by atoms with Gasteiger partial charge in [-0.05, 0) is 43.3 Å². The third-order valence-electron chi connectivity index (χ3n) is 4.35. The van der Waals surface area contributed by atoms with Crippen molar-refractivity contribution in [3.63, 3.8) is 0 Å². The first kappa shape index (κ1) is 17.9. The number of nitrogens with one attached hydrogen (secondary N) is 1. The summed E-state index contributed by atoms with van der Waals surface area (Å²) in [5.41, 5.74) is 5.00. The molecule has 5 nitrogen and oxygen atoms in total. The summed E-state index contributed by atoms with van der Waals surface area (Å²) in [7, 11) is 0. The summed E-state index contributed by atoms with van der Waals surface area (Å²) >= 11 is 5.98. The highest BCUT2D eigenvalue weighted by atomic mass is 35.5. The van der Waals surface area contributed by atoms with E-state index in [2.05, 4.69) is 10.4 Å². The molecule has 0 saturated heterocycles. The van der Waals surface area contributed by atoms with Crippen LogP contribution in [0.15, 0.2) is 77.6 Å². The van der Waals surface area contributed by atoms with Gasteiger partial charge in [-0.25, -0.2) is 4.98 Å². The standard InChI is InChI=1S/C22H16ClN3O2/c1-14-6-4-7-15(12-14)20-24-19-11-3-2-10-18(19)22(28)26(20)25-21(27)16-8-5-9-17(23)13-16/h2-13H,1H3,(H,25,27). The van der Waals surface area contributed by atoms with Crippen molar-refractivity contribution in [3.05, 3.63) is 99.3 Å². The Labute approximate surface area is 166 Å². The van der Waals surface area contributed by atoms with E-state index in [0.29, 0.717) is 27.3 Å². The number of amides is 1. The molecule has 1 heterocycles. The number of rotatable bonds is 3. The molecule has 28 heavy (non-hydrogen) atoms. The number of fused-ring (bicyclic) bond motifs is 1. The number of aromatic nitrogens is 2. The monoisotopic (exact) mass is 389 g/mol. The van der Waals surface area contributed by atoms with Gasteiger partial charge >= 0.3 is 0 Å². The quantitative estimate of drug-likeness (QED) is 0.564. The van der Waals surface area contributed by atoms with Gasteiger partial charge in [-0.3, -0.25) is 15.0 Å². The van der Waals surface area contributed by atoms with Crippen LogP contribution in [0.1, 0.15) is 15.9 Å². The van der Waals surface area contributed by atoms with E-state index in [4.69, 9.17) is 11.6 Å². The van der Waals surface area contributed by atoms with E-state index in [1.165, 1.54) is 4.68 Å². The van der Waals surface area contributed by atoms with Crippen LogP contribution in [0.4, 0.5) is 0 Å². The van der Waals surface area contributed by atoms with E-state index in [9.17, 15) is 9.59 Å². The fraction of sp³-hybridized carbons (Fsp3) is 0.0455. The zero-order valence-electron chi connectivity index (χ0n) is 15.0. The summed E-state index contributed by atoms with van der Waals surface area (Å²) in [4.78, 5) is 30.5. The lowest BCUT2D eigenvalue weighted by molar-refractivity contribution is 0.101. The summed E-state index contributed by atoms with van der Waals surface area (Å²) in [5, 5.41) is 0.862. The highest BCUT2D eigenvalue weighted by Gasteiger charge is 2.16. The predicted octanol–water partition coefficient (Wildman–Crippen LogP) is 4.41. The van der Waals surface area contributed by atoms with E-state index in [0.717, 1.165) is 11.1 Å². The molecule has 4 rings (SSSR count). The van der Waals surface area contributed by atoms with Crippen molar-refractivity contribution in [1.29, 1.82) is 0 Å². The molecule has 0 aliphatic heterocycles. The smallest absolute Gasteiger partial charge is 0.267 e. The average molecular weight is 390 g/mol. The molecule has 0 bridgehead atoms. The number of aryl methyl sites for hydroxylation is 1. The Balaban J connectivity index is 1.90. The van der Waals surface area contributed by atoms with E-state index < -0.39 is 5.91 Å². The number of nitrogens with zero attached hydrogens (tertiary/aromatic N) is 2.